The number of benzene rings is 2. The fourth-order valence-corrected chi connectivity index (χ4v) is 3.16. The van der Waals surface area contributed by atoms with Crippen LogP contribution in [0.4, 0.5) is 13.2 Å². The van der Waals surface area contributed by atoms with Crippen molar-refractivity contribution in [1.29, 1.82) is 0 Å². The normalized spacial score (nSPS) is 12.4. The number of primary sulfonamides is 1. The van der Waals surface area contributed by atoms with Crippen molar-refractivity contribution in [3.05, 3.63) is 53.6 Å². The molecule has 0 saturated carbocycles. The third-order valence-corrected chi connectivity index (χ3v) is 4.26. The maximum atomic E-state index is 13.2. The summed E-state index contributed by atoms with van der Waals surface area (Å²) in [5.74, 6) is 0. The van der Waals surface area contributed by atoms with E-state index in [-0.39, 0.29) is 16.0 Å². The smallest absolute Gasteiger partial charge is 0.225 e. The van der Waals surface area contributed by atoms with Gasteiger partial charge in [-0.3, -0.25) is 0 Å². The van der Waals surface area contributed by atoms with E-state index < -0.39 is 21.8 Å². The van der Waals surface area contributed by atoms with Gasteiger partial charge < -0.3 is 0 Å². The van der Waals surface area contributed by atoms with Crippen LogP contribution in [-0.4, -0.2) is 8.42 Å². The predicted octanol–water partition coefficient (Wildman–Crippen LogP) is 3.58. The van der Waals surface area contributed by atoms with Gasteiger partial charge in [0, 0.05) is 5.56 Å². The van der Waals surface area contributed by atoms with E-state index in [1.807, 2.05) is 0 Å². The molecule has 0 aliphatic heterocycles. The molecule has 0 aromatic heterocycles. The lowest BCUT2D eigenvalue weighted by molar-refractivity contribution is -0.137. The van der Waals surface area contributed by atoms with Crippen LogP contribution in [0.3, 0.4) is 0 Å². The molecule has 0 spiro atoms. The van der Waals surface area contributed by atoms with Gasteiger partial charge in [-0.05, 0) is 29.7 Å². The first kappa shape index (κ1) is 16.5. The highest BCUT2D eigenvalue weighted by Crippen LogP contribution is 2.40. The summed E-state index contributed by atoms with van der Waals surface area (Å²) in [5.41, 5.74) is -0.569. The van der Waals surface area contributed by atoms with Crippen LogP contribution < -0.4 is 5.14 Å². The average Bonchev–Trinajstić information content (AvgIpc) is 2.44. The molecule has 118 valence electrons. The highest BCUT2D eigenvalue weighted by Gasteiger charge is 2.34. The summed E-state index contributed by atoms with van der Waals surface area (Å²) in [4.78, 5) is -0.302. The molecule has 2 rings (SSSR count). The molecule has 0 amide bonds. The Morgan fingerprint density at radius 1 is 1.05 bits per heavy atom. The van der Waals surface area contributed by atoms with E-state index in [1.54, 1.807) is 13.0 Å². The zero-order valence-corrected chi connectivity index (χ0v) is 12.5. The summed E-state index contributed by atoms with van der Waals surface area (Å²) in [6.45, 7) is 1.74. The van der Waals surface area contributed by atoms with Crippen LogP contribution in [-0.2, 0) is 22.6 Å². The fourth-order valence-electron chi connectivity index (χ4n) is 2.36. The number of alkyl halides is 3. The zero-order chi connectivity index (χ0) is 16.5. The molecule has 7 heteroatoms. The summed E-state index contributed by atoms with van der Waals surface area (Å²) in [7, 11) is -4.14. The Kier molecular flexibility index (Phi) is 4.30. The van der Waals surface area contributed by atoms with E-state index in [0.717, 1.165) is 6.07 Å². The standard InChI is InChI=1S/C15H14F3NO2S/c1-2-10-6-5-9-13(22(19,20)21)14(10)11-7-3-4-8-12(11)15(16,17)18/h3-9H,2H2,1H3,(H2,19,20,21). The Labute approximate surface area is 126 Å². The van der Waals surface area contributed by atoms with Gasteiger partial charge in [-0.1, -0.05) is 37.3 Å². The van der Waals surface area contributed by atoms with Crippen molar-refractivity contribution in [2.45, 2.75) is 24.4 Å². The van der Waals surface area contributed by atoms with Gasteiger partial charge >= 0.3 is 6.18 Å². The topological polar surface area (TPSA) is 60.2 Å². The van der Waals surface area contributed by atoms with E-state index in [9.17, 15) is 21.6 Å². The number of hydrogen-bond acceptors (Lipinski definition) is 2. The van der Waals surface area contributed by atoms with Crippen molar-refractivity contribution < 1.29 is 21.6 Å². The van der Waals surface area contributed by atoms with Crippen LogP contribution in [0.1, 0.15) is 18.1 Å². The monoisotopic (exact) mass is 329 g/mol. The first-order valence-corrected chi connectivity index (χ1v) is 8.02. The minimum Gasteiger partial charge on any atom is -0.225 e. The second-order valence-corrected chi connectivity index (χ2v) is 6.26. The van der Waals surface area contributed by atoms with Gasteiger partial charge in [-0.15, -0.1) is 0 Å². The number of aryl methyl sites for hydroxylation is 1. The second-order valence-electron chi connectivity index (χ2n) is 4.73. The highest BCUT2D eigenvalue weighted by atomic mass is 32.2. The third kappa shape index (κ3) is 3.15. The van der Waals surface area contributed by atoms with Crippen LogP contribution in [0.2, 0.25) is 0 Å². The van der Waals surface area contributed by atoms with Crippen LogP contribution in [0.5, 0.6) is 0 Å². The molecule has 0 bridgehead atoms. The fraction of sp³-hybridized carbons (Fsp3) is 0.200. The molecule has 0 aliphatic carbocycles. The molecule has 0 fully saturated rings. The maximum absolute atomic E-state index is 13.2. The Morgan fingerprint density at radius 3 is 2.23 bits per heavy atom. The van der Waals surface area contributed by atoms with E-state index in [0.29, 0.717) is 12.0 Å². The maximum Gasteiger partial charge on any atom is 0.417 e. The molecule has 0 unspecified atom stereocenters. The van der Waals surface area contributed by atoms with Crippen LogP contribution in [0.15, 0.2) is 47.4 Å². The molecule has 2 aromatic carbocycles. The van der Waals surface area contributed by atoms with Gasteiger partial charge in [0.1, 0.15) is 0 Å². The summed E-state index contributed by atoms with van der Waals surface area (Å²) in [6, 6.07) is 9.16. The van der Waals surface area contributed by atoms with Gasteiger partial charge in [0.25, 0.3) is 0 Å². The molecule has 0 heterocycles. The molecule has 2 N–H and O–H groups in total. The zero-order valence-electron chi connectivity index (χ0n) is 11.7. The minimum atomic E-state index is -4.59. The average molecular weight is 329 g/mol. The van der Waals surface area contributed by atoms with Gasteiger partial charge in [-0.2, -0.15) is 13.2 Å². The number of rotatable bonds is 3. The van der Waals surface area contributed by atoms with Crippen molar-refractivity contribution in [3.63, 3.8) is 0 Å². The lowest BCUT2D eigenvalue weighted by Gasteiger charge is -2.18. The number of halogens is 3. The van der Waals surface area contributed by atoms with Crippen molar-refractivity contribution in [2.24, 2.45) is 5.14 Å². The number of sulfonamides is 1. The van der Waals surface area contributed by atoms with Crippen LogP contribution in [0.25, 0.3) is 11.1 Å². The Morgan fingerprint density at radius 2 is 1.68 bits per heavy atom. The second kappa shape index (κ2) is 5.73. The Bertz CT molecular complexity index is 799. The SMILES string of the molecule is CCc1cccc(S(N)(=O)=O)c1-c1ccccc1C(F)(F)F. The predicted molar refractivity (Wildman–Crippen MR) is 77.6 cm³/mol. The van der Waals surface area contributed by atoms with Crippen molar-refractivity contribution in [3.8, 4) is 11.1 Å². The molecule has 0 atom stereocenters. The van der Waals surface area contributed by atoms with Gasteiger partial charge in [0.15, 0.2) is 0 Å². The van der Waals surface area contributed by atoms with E-state index in [1.165, 1.54) is 30.3 Å². The van der Waals surface area contributed by atoms with Gasteiger partial charge in [0.2, 0.25) is 10.0 Å². The Hall–Kier alpha value is -1.86. The highest BCUT2D eigenvalue weighted by molar-refractivity contribution is 7.89. The summed E-state index contributed by atoms with van der Waals surface area (Å²) in [5, 5.41) is 5.17. The van der Waals surface area contributed by atoms with Crippen molar-refractivity contribution in [1.82, 2.24) is 0 Å². The lowest BCUT2D eigenvalue weighted by atomic mass is 9.94. The molecular formula is C15H14F3NO2S. The largest absolute Gasteiger partial charge is 0.417 e. The Balaban J connectivity index is 2.90. The molecule has 3 nitrogen and oxygen atoms in total. The molecule has 0 aliphatic rings. The van der Waals surface area contributed by atoms with Crippen molar-refractivity contribution in [2.75, 3.05) is 0 Å². The van der Waals surface area contributed by atoms with Crippen molar-refractivity contribution >= 4 is 10.0 Å². The van der Waals surface area contributed by atoms with E-state index >= 15 is 0 Å². The van der Waals surface area contributed by atoms with Crippen LogP contribution in [0, 0.1) is 0 Å². The molecular weight excluding hydrogens is 315 g/mol. The summed E-state index contributed by atoms with van der Waals surface area (Å²) >= 11 is 0. The van der Waals surface area contributed by atoms with Crippen LogP contribution >= 0.6 is 0 Å². The molecule has 2 aromatic rings. The quantitative estimate of drug-likeness (QED) is 0.935. The first-order valence-electron chi connectivity index (χ1n) is 6.47. The van der Waals surface area contributed by atoms with Gasteiger partial charge in [-0.25, -0.2) is 13.6 Å². The number of nitrogens with two attached hydrogens (primary N) is 1. The summed E-state index contributed by atoms with van der Waals surface area (Å²) in [6.07, 6.45) is -4.21. The van der Waals surface area contributed by atoms with E-state index in [4.69, 9.17) is 5.14 Å². The minimum absolute atomic E-state index is 0.0143. The third-order valence-electron chi connectivity index (χ3n) is 3.30. The molecule has 0 saturated heterocycles. The molecule has 22 heavy (non-hydrogen) atoms. The molecule has 0 radical (unpaired) electrons. The number of hydrogen-bond donors (Lipinski definition) is 1. The lowest BCUT2D eigenvalue weighted by Crippen LogP contribution is -2.15. The van der Waals surface area contributed by atoms with Gasteiger partial charge in [0.05, 0.1) is 10.5 Å². The van der Waals surface area contributed by atoms with E-state index in [2.05, 4.69) is 0 Å². The first-order chi connectivity index (χ1) is 10.2. The summed E-state index contributed by atoms with van der Waals surface area (Å²) < 4.78 is 63.2.